The van der Waals surface area contributed by atoms with Gasteiger partial charge in [-0.1, -0.05) is 11.6 Å². The van der Waals surface area contributed by atoms with E-state index in [0.29, 0.717) is 15.9 Å². The Bertz CT molecular complexity index is 703. The third kappa shape index (κ3) is 2.27. The largest absolute Gasteiger partial charge is 0.492 e. The highest BCUT2D eigenvalue weighted by molar-refractivity contribution is 8.15. The van der Waals surface area contributed by atoms with Crippen LogP contribution in [0.1, 0.15) is 0 Å². The molecule has 5 nitrogen and oxygen atoms in total. The molecule has 2 aliphatic rings. The summed E-state index contributed by atoms with van der Waals surface area (Å²) >= 11 is 7.45. The number of halogens is 1. The summed E-state index contributed by atoms with van der Waals surface area (Å²) in [5.41, 5.74) is 6.79. The van der Waals surface area contributed by atoms with Gasteiger partial charge >= 0.3 is 5.17 Å². The zero-order chi connectivity index (χ0) is 14.5. The van der Waals surface area contributed by atoms with Gasteiger partial charge < -0.3 is 4.74 Å². The van der Waals surface area contributed by atoms with Gasteiger partial charge in [-0.25, -0.2) is 13.0 Å². The van der Waals surface area contributed by atoms with Crippen molar-refractivity contribution >= 4 is 44.1 Å². The first-order chi connectivity index (χ1) is 9.41. The molecule has 1 saturated heterocycles. The number of fused-ring (bicyclic) bond motifs is 1. The predicted molar refractivity (Wildman–Crippen MR) is 80.9 cm³/mol. The van der Waals surface area contributed by atoms with Crippen LogP contribution in [0.25, 0.3) is 0 Å². The average molecular weight is 334 g/mol. The number of methoxy groups -OCH3 is 1. The van der Waals surface area contributed by atoms with Crippen LogP contribution in [0.5, 0.6) is 5.75 Å². The molecule has 20 heavy (non-hydrogen) atoms. The molecule has 0 spiro atoms. The fraction of sp³-hybridized carbons (Fsp3) is 0.417. The molecule has 1 fully saturated rings. The van der Waals surface area contributed by atoms with Crippen LogP contribution in [0.15, 0.2) is 18.2 Å². The van der Waals surface area contributed by atoms with Crippen LogP contribution in [0, 0.1) is 0 Å². The molecule has 108 valence electrons. The van der Waals surface area contributed by atoms with Gasteiger partial charge in [0.15, 0.2) is 21.3 Å². The summed E-state index contributed by atoms with van der Waals surface area (Å²) in [6, 6.07) is 5.08. The maximum atomic E-state index is 11.8. The van der Waals surface area contributed by atoms with Gasteiger partial charge in [-0.05, 0) is 23.9 Å². The lowest BCUT2D eigenvalue weighted by Gasteiger charge is -2.14. The number of nitrogens with zero attached hydrogens (tertiary/aromatic N) is 1. The van der Waals surface area contributed by atoms with Crippen LogP contribution in [0.4, 0.5) is 5.69 Å². The van der Waals surface area contributed by atoms with E-state index < -0.39 is 9.84 Å². The zero-order valence-electron chi connectivity index (χ0n) is 10.7. The van der Waals surface area contributed by atoms with Crippen molar-refractivity contribution in [2.24, 2.45) is 5.73 Å². The van der Waals surface area contributed by atoms with E-state index in [1.807, 2.05) is 4.58 Å². The zero-order valence-corrected chi connectivity index (χ0v) is 13.1. The first-order valence-electron chi connectivity index (χ1n) is 6.03. The number of rotatable bonds is 2. The second-order valence-corrected chi connectivity index (χ2v) is 8.67. The van der Waals surface area contributed by atoms with Crippen LogP contribution in [0.2, 0.25) is 5.02 Å². The SMILES string of the molecule is COc1ccc(Cl)cc1[N+]1=C(N)SC2CS(=O)(=O)CC21. The van der Waals surface area contributed by atoms with Gasteiger partial charge in [0, 0.05) is 11.1 Å². The lowest BCUT2D eigenvalue weighted by Crippen LogP contribution is -2.29. The lowest BCUT2D eigenvalue weighted by molar-refractivity contribution is -0.471. The summed E-state index contributed by atoms with van der Waals surface area (Å²) in [5, 5.41) is 1.13. The fourth-order valence-corrected chi connectivity index (χ4v) is 6.65. The summed E-state index contributed by atoms with van der Waals surface area (Å²) in [5.74, 6) is 0.909. The van der Waals surface area contributed by atoms with E-state index in [0.717, 1.165) is 5.69 Å². The van der Waals surface area contributed by atoms with Crippen molar-refractivity contribution in [3.05, 3.63) is 23.2 Å². The molecule has 0 amide bonds. The minimum absolute atomic E-state index is 0.0244. The van der Waals surface area contributed by atoms with Crippen molar-refractivity contribution in [3.8, 4) is 5.75 Å². The van der Waals surface area contributed by atoms with E-state index in [9.17, 15) is 8.42 Å². The van der Waals surface area contributed by atoms with E-state index >= 15 is 0 Å². The van der Waals surface area contributed by atoms with Crippen molar-refractivity contribution in [2.75, 3.05) is 18.6 Å². The maximum Gasteiger partial charge on any atom is 0.310 e. The number of sulfone groups is 1. The Labute approximate surface area is 126 Å². The van der Waals surface area contributed by atoms with Crippen LogP contribution in [-0.2, 0) is 9.84 Å². The normalized spacial score (nSPS) is 27.7. The highest BCUT2D eigenvalue weighted by Gasteiger charge is 2.50. The van der Waals surface area contributed by atoms with Gasteiger partial charge in [-0.2, -0.15) is 0 Å². The van der Waals surface area contributed by atoms with Crippen LogP contribution in [-0.4, -0.2) is 48.1 Å². The highest BCUT2D eigenvalue weighted by Crippen LogP contribution is 2.40. The molecule has 2 aliphatic heterocycles. The van der Waals surface area contributed by atoms with Gasteiger partial charge in [0.1, 0.15) is 6.04 Å². The molecule has 0 radical (unpaired) electrons. The average Bonchev–Trinajstić information content (AvgIpc) is 2.79. The molecule has 0 aromatic heterocycles. The summed E-state index contributed by atoms with van der Waals surface area (Å²) in [7, 11) is -1.44. The van der Waals surface area contributed by atoms with E-state index in [2.05, 4.69) is 0 Å². The number of amidine groups is 1. The van der Waals surface area contributed by atoms with Crippen molar-refractivity contribution in [2.45, 2.75) is 11.3 Å². The molecule has 2 heterocycles. The number of hydrogen-bond acceptors (Lipinski definition) is 5. The molecule has 8 heteroatoms. The minimum atomic E-state index is -3.00. The van der Waals surface area contributed by atoms with Crippen molar-refractivity contribution in [3.63, 3.8) is 0 Å². The molecule has 3 rings (SSSR count). The molecule has 1 aromatic rings. The number of thioether (sulfide) groups is 1. The Morgan fingerprint density at radius 1 is 1.45 bits per heavy atom. The minimum Gasteiger partial charge on any atom is -0.492 e. The quantitative estimate of drug-likeness (QED) is 0.824. The second kappa shape index (κ2) is 4.82. The topological polar surface area (TPSA) is 72.4 Å². The Morgan fingerprint density at radius 2 is 2.20 bits per heavy atom. The molecule has 2 atom stereocenters. The first kappa shape index (κ1) is 14.0. The molecular weight excluding hydrogens is 320 g/mol. The third-order valence-electron chi connectivity index (χ3n) is 3.51. The predicted octanol–water partition coefficient (Wildman–Crippen LogP) is 1.22. The van der Waals surface area contributed by atoms with Gasteiger partial charge in [-0.3, -0.25) is 5.73 Å². The van der Waals surface area contributed by atoms with E-state index in [1.54, 1.807) is 25.3 Å². The molecule has 2 unspecified atom stereocenters. The van der Waals surface area contributed by atoms with Gasteiger partial charge in [0.05, 0.1) is 23.9 Å². The second-order valence-electron chi connectivity index (χ2n) is 4.82. The lowest BCUT2D eigenvalue weighted by atomic mass is 10.2. The molecule has 0 aliphatic carbocycles. The van der Waals surface area contributed by atoms with Crippen molar-refractivity contribution in [1.29, 1.82) is 0 Å². The van der Waals surface area contributed by atoms with Crippen molar-refractivity contribution in [1.82, 2.24) is 0 Å². The highest BCUT2D eigenvalue weighted by atomic mass is 35.5. The molecule has 2 N–H and O–H groups in total. The smallest absolute Gasteiger partial charge is 0.310 e. The number of benzene rings is 1. The van der Waals surface area contributed by atoms with E-state index in [4.69, 9.17) is 22.1 Å². The van der Waals surface area contributed by atoms with Crippen LogP contribution < -0.4 is 10.5 Å². The van der Waals surface area contributed by atoms with Gasteiger partial charge in [0.2, 0.25) is 0 Å². The third-order valence-corrected chi connectivity index (χ3v) is 6.90. The first-order valence-corrected chi connectivity index (χ1v) is 9.11. The molecular formula is C12H14ClN2O3S2+. The molecule has 1 aromatic carbocycles. The number of ether oxygens (including phenoxy) is 1. The van der Waals surface area contributed by atoms with Gasteiger partial charge in [0.25, 0.3) is 0 Å². The summed E-state index contributed by atoms with van der Waals surface area (Å²) in [6.45, 7) is 0. The Morgan fingerprint density at radius 3 is 2.90 bits per heavy atom. The molecule has 0 bridgehead atoms. The Hall–Kier alpha value is -0.920. The van der Waals surface area contributed by atoms with Crippen molar-refractivity contribution < 1.29 is 17.7 Å². The Kier molecular flexibility index (Phi) is 3.38. The van der Waals surface area contributed by atoms with E-state index in [-0.39, 0.29) is 22.8 Å². The standard InChI is InChI=1S/C12H13ClN2O3S2/c1-18-10-3-2-7(13)4-8(10)15-9-5-20(16,17)6-11(9)19-12(15)14/h2-4,9,11,14H,5-6H2,1H3/p+1. The van der Waals surface area contributed by atoms with Gasteiger partial charge in [-0.15, -0.1) is 0 Å². The maximum absolute atomic E-state index is 11.8. The summed E-state index contributed by atoms with van der Waals surface area (Å²) < 4.78 is 30.8. The number of hydrogen-bond donors (Lipinski definition) is 1. The summed E-state index contributed by atoms with van der Waals surface area (Å²) in [6.07, 6.45) is 0. The Balaban J connectivity index is 2.10. The van der Waals surface area contributed by atoms with Crippen LogP contribution in [0.3, 0.4) is 0 Å². The molecule has 0 saturated carbocycles. The fourth-order valence-electron chi connectivity index (χ4n) is 2.67. The van der Waals surface area contributed by atoms with Crippen LogP contribution >= 0.6 is 23.4 Å². The summed E-state index contributed by atoms with van der Waals surface area (Å²) in [4.78, 5) is 0. The number of nitrogens with two attached hydrogens (primary N) is 1. The monoisotopic (exact) mass is 333 g/mol. The van der Waals surface area contributed by atoms with E-state index in [1.165, 1.54) is 11.8 Å².